The largest absolute Gasteiger partial charge is 0.364 e. The van der Waals surface area contributed by atoms with E-state index in [0.29, 0.717) is 24.5 Å². The quantitative estimate of drug-likeness (QED) is 0.900. The van der Waals surface area contributed by atoms with Gasteiger partial charge in [-0.05, 0) is 55.1 Å². The van der Waals surface area contributed by atoms with Crippen molar-refractivity contribution in [1.82, 2.24) is 10.2 Å². The van der Waals surface area contributed by atoms with E-state index in [1.165, 1.54) is 11.1 Å². The van der Waals surface area contributed by atoms with Crippen LogP contribution in [0.25, 0.3) is 0 Å². The predicted octanol–water partition coefficient (Wildman–Crippen LogP) is 3.32. The first-order valence-corrected chi connectivity index (χ1v) is 10.2. The number of carbonyl (C=O) groups excluding carboxylic acids is 1. The molecule has 2 saturated heterocycles. The van der Waals surface area contributed by atoms with Gasteiger partial charge in [0.2, 0.25) is 5.91 Å². The molecule has 1 aromatic carbocycles. The predicted molar refractivity (Wildman–Crippen MR) is 103 cm³/mol. The average molecular weight is 357 g/mol. The van der Waals surface area contributed by atoms with E-state index in [4.69, 9.17) is 4.74 Å². The van der Waals surface area contributed by atoms with Crippen molar-refractivity contribution in [2.45, 2.75) is 57.4 Å². The maximum absolute atomic E-state index is 12.8. The number of nitrogens with zero attached hydrogens (tertiary/aromatic N) is 1. The number of hydrogen-bond donors (Lipinski definition) is 1. The molecule has 142 valence electrons. The Bertz CT molecular complexity index is 635. The number of ether oxygens (including phenoxy) is 1. The van der Waals surface area contributed by atoms with E-state index in [9.17, 15) is 4.79 Å². The second-order valence-corrected chi connectivity index (χ2v) is 9.00. The Hall–Kier alpha value is -1.39. The molecule has 1 saturated carbocycles. The highest BCUT2D eigenvalue weighted by Gasteiger charge is 2.50. The third-order valence-electron chi connectivity index (χ3n) is 6.42. The van der Waals surface area contributed by atoms with Gasteiger partial charge < -0.3 is 9.64 Å². The number of amides is 1. The van der Waals surface area contributed by atoms with Gasteiger partial charge in [0.15, 0.2) is 0 Å². The molecule has 1 spiro atoms. The van der Waals surface area contributed by atoms with E-state index in [0.717, 1.165) is 51.8 Å². The summed E-state index contributed by atoms with van der Waals surface area (Å²) in [5.41, 5.74) is 3.02. The maximum atomic E-state index is 12.8. The molecule has 0 bridgehead atoms. The summed E-state index contributed by atoms with van der Waals surface area (Å²) in [6.07, 6.45) is 5.23. The minimum Gasteiger partial charge on any atom is -0.364 e. The minimum atomic E-state index is 0.107. The lowest BCUT2D eigenvalue weighted by Gasteiger charge is -2.45. The lowest BCUT2D eigenvalue weighted by Crippen LogP contribution is -2.58. The Morgan fingerprint density at radius 2 is 2.08 bits per heavy atom. The van der Waals surface area contributed by atoms with Crippen LogP contribution in [-0.4, -0.2) is 42.8 Å². The number of likely N-dealkylation sites (tertiary alicyclic amines) is 1. The van der Waals surface area contributed by atoms with Crippen molar-refractivity contribution >= 4 is 5.91 Å². The maximum Gasteiger partial charge on any atom is 0.225 e. The van der Waals surface area contributed by atoms with E-state index in [1.807, 2.05) is 0 Å². The highest BCUT2D eigenvalue weighted by Crippen LogP contribution is 2.41. The molecule has 0 atom stereocenters. The lowest BCUT2D eigenvalue weighted by molar-refractivity contribution is -0.142. The summed E-state index contributed by atoms with van der Waals surface area (Å²) in [7, 11) is 0. The molecule has 3 aliphatic rings. The van der Waals surface area contributed by atoms with Crippen LogP contribution in [0.4, 0.5) is 0 Å². The first-order valence-electron chi connectivity index (χ1n) is 10.2. The van der Waals surface area contributed by atoms with Gasteiger partial charge in [0.1, 0.15) is 0 Å². The SMILES string of the molecule is CC(C)Cc1cccc(C2CCN(C(=O)[C@H]3C[C@]4(COCN4)C3)CC2)c1. The van der Waals surface area contributed by atoms with Crippen molar-refractivity contribution in [3.05, 3.63) is 35.4 Å². The molecule has 0 radical (unpaired) electrons. The van der Waals surface area contributed by atoms with Gasteiger partial charge in [0.05, 0.1) is 13.3 Å². The number of benzene rings is 1. The number of piperidine rings is 1. The zero-order valence-corrected chi connectivity index (χ0v) is 16.2. The zero-order valence-electron chi connectivity index (χ0n) is 16.2. The highest BCUT2D eigenvalue weighted by molar-refractivity contribution is 5.80. The van der Waals surface area contributed by atoms with E-state index >= 15 is 0 Å². The van der Waals surface area contributed by atoms with E-state index in [2.05, 4.69) is 48.3 Å². The van der Waals surface area contributed by atoms with Crippen LogP contribution < -0.4 is 5.32 Å². The van der Waals surface area contributed by atoms with Crippen LogP contribution in [0, 0.1) is 11.8 Å². The molecular formula is C22H32N2O2. The van der Waals surface area contributed by atoms with Crippen molar-refractivity contribution in [1.29, 1.82) is 0 Å². The minimum absolute atomic E-state index is 0.107. The van der Waals surface area contributed by atoms with Crippen LogP contribution in [0.2, 0.25) is 0 Å². The Labute approximate surface area is 157 Å². The first-order chi connectivity index (χ1) is 12.5. The fraction of sp³-hybridized carbons (Fsp3) is 0.682. The average Bonchev–Trinajstić information content (AvgIpc) is 3.10. The van der Waals surface area contributed by atoms with Gasteiger partial charge in [-0.1, -0.05) is 38.1 Å². The van der Waals surface area contributed by atoms with Gasteiger partial charge >= 0.3 is 0 Å². The Morgan fingerprint density at radius 1 is 1.31 bits per heavy atom. The summed E-state index contributed by atoms with van der Waals surface area (Å²) in [6.45, 7) is 7.77. The summed E-state index contributed by atoms with van der Waals surface area (Å²) < 4.78 is 5.44. The Balaban J connectivity index is 1.29. The van der Waals surface area contributed by atoms with Gasteiger partial charge in [-0.25, -0.2) is 0 Å². The van der Waals surface area contributed by atoms with Crippen LogP contribution in [0.3, 0.4) is 0 Å². The van der Waals surface area contributed by atoms with E-state index in [-0.39, 0.29) is 11.5 Å². The fourth-order valence-electron chi connectivity index (χ4n) is 4.96. The van der Waals surface area contributed by atoms with Crippen LogP contribution in [-0.2, 0) is 16.0 Å². The van der Waals surface area contributed by atoms with Crippen LogP contribution >= 0.6 is 0 Å². The first kappa shape index (κ1) is 18.0. The van der Waals surface area contributed by atoms with Gasteiger partial charge in [0.25, 0.3) is 0 Å². The number of carbonyl (C=O) groups is 1. The molecule has 1 amide bonds. The van der Waals surface area contributed by atoms with Gasteiger partial charge in [0, 0.05) is 24.5 Å². The smallest absolute Gasteiger partial charge is 0.225 e. The summed E-state index contributed by atoms with van der Waals surface area (Å²) in [5.74, 6) is 1.87. The molecule has 4 heteroatoms. The Morgan fingerprint density at radius 3 is 2.73 bits per heavy atom. The highest BCUT2D eigenvalue weighted by atomic mass is 16.5. The van der Waals surface area contributed by atoms with E-state index < -0.39 is 0 Å². The summed E-state index contributed by atoms with van der Waals surface area (Å²) >= 11 is 0. The number of rotatable bonds is 4. The third-order valence-corrected chi connectivity index (χ3v) is 6.42. The summed E-state index contributed by atoms with van der Waals surface area (Å²) in [4.78, 5) is 14.9. The molecular weight excluding hydrogens is 324 g/mol. The van der Waals surface area contributed by atoms with Gasteiger partial charge in [-0.15, -0.1) is 0 Å². The van der Waals surface area contributed by atoms with Crippen molar-refractivity contribution < 1.29 is 9.53 Å². The number of hydrogen-bond acceptors (Lipinski definition) is 3. The van der Waals surface area contributed by atoms with Crippen molar-refractivity contribution in [2.24, 2.45) is 11.8 Å². The molecule has 0 aromatic heterocycles. The second kappa shape index (κ2) is 7.32. The standard InChI is InChI=1S/C22H32N2O2/c1-16(2)10-17-4-3-5-19(11-17)18-6-8-24(9-7-18)21(25)20-12-22(13-20)14-26-15-23-22/h3-5,11,16,18,20,23H,6-10,12-15H2,1-2H3/t20-,22+. The van der Waals surface area contributed by atoms with Crippen molar-refractivity contribution in [3.8, 4) is 0 Å². The third kappa shape index (κ3) is 3.67. The van der Waals surface area contributed by atoms with Crippen molar-refractivity contribution in [2.75, 3.05) is 26.4 Å². The topological polar surface area (TPSA) is 41.6 Å². The molecule has 4 rings (SSSR count). The lowest BCUT2D eigenvalue weighted by atomic mass is 9.68. The molecule has 4 nitrogen and oxygen atoms in total. The number of nitrogens with one attached hydrogen (secondary N) is 1. The normalized spacial score (nSPS) is 29.3. The van der Waals surface area contributed by atoms with Crippen molar-refractivity contribution in [3.63, 3.8) is 0 Å². The molecule has 1 N–H and O–H groups in total. The zero-order chi connectivity index (χ0) is 18.1. The monoisotopic (exact) mass is 356 g/mol. The molecule has 2 aliphatic heterocycles. The van der Waals surface area contributed by atoms with Crippen LogP contribution in [0.15, 0.2) is 24.3 Å². The fourth-order valence-corrected chi connectivity index (χ4v) is 4.96. The second-order valence-electron chi connectivity index (χ2n) is 9.00. The Kier molecular flexibility index (Phi) is 5.07. The molecule has 26 heavy (non-hydrogen) atoms. The molecule has 1 aliphatic carbocycles. The molecule has 3 fully saturated rings. The van der Waals surface area contributed by atoms with Gasteiger partial charge in [-0.3, -0.25) is 10.1 Å². The molecule has 0 unspecified atom stereocenters. The van der Waals surface area contributed by atoms with Gasteiger partial charge in [-0.2, -0.15) is 0 Å². The van der Waals surface area contributed by atoms with Crippen LogP contribution in [0.1, 0.15) is 56.6 Å². The molecule has 1 aromatic rings. The van der Waals surface area contributed by atoms with E-state index in [1.54, 1.807) is 0 Å². The van der Waals surface area contributed by atoms with Crippen LogP contribution in [0.5, 0.6) is 0 Å². The molecule has 2 heterocycles. The summed E-state index contributed by atoms with van der Waals surface area (Å²) in [6, 6.07) is 9.11. The summed E-state index contributed by atoms with van der Waals surface area (Å²) in [5, 5.41) is 3.41.